The van der Waals surface area contributed by atoms with Gasteiger partial charge < -0.3 is 29.6 Å². The molecule has 0 spiro atoms. The van der Waals surface area contributed by atoms with Gasteiger partial charge in [-0.25, -0.2) is 14.4 Å². The molecular formula is C17H25N3O8S. The molecule has 0 bridgehead atoms. The fourth-order valence-corrected chi connectivity index (χ4v) is 3.82. The third-order valence-electron chi connectivity index (χ3n) is 3.88. The number of nitrogens with two attached hydrogens (primary N) is 1. The van der Waals surface area contributed by atoms with E-state index in [4.69, 9.17) is 24.7 Å². The second kappa shape index (κ2) is 9.35. The van der Waals surface area contributed by atoms with Crippen LogP contribution >= 0.6 is 11.8 Å². The molecule has 2 heterocycles. The average Bonchev–Trinajstić information content (AvgIpc) is 2.63. The number of esters is 1. The van der Waals surface area contributed by atoms with Crippen molar-refractivity contribution < 1.29 is 38.1 Å². The van der Waals surface area contributed by atoms with Gasteiger partial charge in [0.2, 0.25) is 12.2 Å². The van der Waals surface area contributed by atoms with Gasteiger partial charge in [0.1, 0.15) is 23.7 Å². The SMILES string of the molecule is CC(C)OC(=O)O[C@@H](C)OC(=O)C1=C(COC(=O)N(C)C)CS[C@@H]2[C@H](N)C(=O)N12. The van der Waals surface area contributed by atoms with E-state index < -0.39 is 47.9 Å². The van der Waals surface area contributed by atoms with Gasteiger partial charge in [0.25, 0.3) is 0 Å². The highest BCUT2D eigenvalue weighted by atomic mass is 32.2. The van der Waals surface area contributed by atoms with Crippen LogP contribution in [0.15, 0.2) is 11.3 Å². The highest BCUT2D eigenvalue weighted by Crippen LogP contribution is 2.40. The van der Waals surface area contributed by atoms with Crippen molar-refractivity contribution >= 4 is 35.9 Å². The summed E-state index contributed by atoms with van der Waals surface area (Å²) in [6.45, 7) is 4.42. The summed E-state index contributed by atoms with van der Waals surface area (Å²) < 4.78 is 20.0. The molecule has 1 fully saturated rings. The van der Waals surface area contributed by atoms with E-state index in [1.165, 1.54) is 42.6 Å². The molecule has 0 saturated carbocycles. The maximum absolute atomic E-state index is 12.7. The number of hydrogen-bond donors (Lipinski definition) is 1. The van der Waals surface area contributed by atoms with Crippen LogP contribution in [0.25, 0.3) is 0 Å². The lowest BCUT2D eigenvalue weighted by atomic mass is 10.0. The van der Waals surface area contributed by atoms with E-state index in [-0.39, 0.29) is 12.3 Å². The van der Waals surface area contributed by atoms with Gasteiger partial charge in [-0.1, -0.05) is 0 Å². The average molecular weight is 431 g/mol. The van der Waals surface area contributed by atoms with Crippen LogP contribution in [0.1, 0.15) is 20.8 Å². The largest absolute Gasteiger partial charge is 0.511 e. The van der Waals surface area contributed by atoms with E-state index in [0.717, 1.165) is 0 Å². The van der Waals surface area contributed by atoms with Crippen LogP contribution < -0.4 is 5.73 Å². The molecule has 0 aliphatic carbocycles. The summed E-state index contributed by atoms with van der Waals surface area (Å²) in [7, 11) is 3.04. The Balaban J connectivity index is 2.14. The molecule has 162 valence electrons. The van der Waals surface area contributed by atoms with Crippen LogP contribution in [0, 0.1) is 0 Å². The molecular weight excluding hydrogens is 406 g/mol. The highest BCUT2D eigenvalue weighted by molar-refractivity contribution is 8.00. The minimum Gasteiger partial charge on any atom is -0.445 e. The Hall–Kier alpha value is -2.47. The van der Waals surface area contributed by atoms with Crippen molar-refractivity contribution in [3.63, 3.8) is 0 Å². The van der Waals surface area contributed by atoms with Gasteiger partial charge >= 0.3 is 18.2 Å². The number of rotatable bonds is 6. The second-order valence-electron chi connectivity index (χ2n) is 6.84. The molecule has 11 nitrogen and oxygen atoms in total. The molecule has 0 aromatic rings. The van der Waals surface area contributed by atoms with E-state index in [2.05, 4.69) is 0 Å². The number of fused-ring (bicyclic) bond motifs is 1. The van der Waals surface area contributed by atoms with E-state index in [1.807, 2.05) is 0 Å². The maximum atomic E-state index is 12.7. The molecule has 29 heavy (non-hydrogen) atoms. The molecule has 2 rings (SSSR count). The number of thioether (sulfide) groups is 1. The summed E-state index contributed by atoms with van der Waals surface area (Å²) in [5, 5.41) is -0.416. The van der Waals surface area contributed by atoms with Gasteiger partial charge in [-0.05, 0) is 13.8 Å². The summed E-state index contributed by atoms with van der Waals surface area (Å²) in [5.41, 5.74) is 6.13. The maximum Gasteiger partial charge on any atom is 0.511 e. The monoisotopic (exact) mass is 431 g/mol. The lowest BCUT2D eigenvalue weighted by Gasteiger charge is -2.48. The molecule has 1 saturated heterocycles. The van der Waals surface area contributed by atoms with Crippen molar-refractivity contribution in [1.29, 1.82) is 0 Å². The lowest BCUT2D eigenvalue weighted by Crippen LogP contribution is -2.68. The first-order valence-electron chi connectivity index (χ1n) is 8.87. The number of ether oxygens (including phenoxy) is 4. The van der Waals surface area contributed by atoms with Gasteiger partial charge in [0, 0.05) is 32.3 Å². The third kappa shape index (κ3) is 5.32. The Morgan fingerprint density at radius 1 is 1.21 bits per heavy atom. The van der Waals surface area contributed by atoms with Gasteiger partial charge in [-0.15, -0.1) is 11.8 Å². The van der Waals surface area contributed by atoms with E-state index in [9.17, 15) is 19.2 Å². The predicted octanol–water partition coefficient (Wildman–Crippen LogP) is 0.632. The van der Waals surface area contributed by atoms with Crippen molar-refractivity contribution in [2.45, 2.75) is 44.6 Å². The first kappa shape index (κ1) is 22.8. The Morgan fingerprint density at radius 3 is 2.45 bits per heavy atom. The zero-order chi connectivity index (χ0) is 21.9. The number of hydrogen-bond acceptors (Lipinski definition) is 10. The molecule has 2 aliphatic rings. The van der Waals surface area contributed by atoms with Crippen LogP contribution in [-0.4, -0.2) is 84.2 Å². The molecule has 3 atom stereocenters. The molecule has 2 amide bonds. The third-order valence-corrected chi connectivity index (χ3v) is 5.24. The van der Waals surface area contributed by atoms with Gasteiger partial charge in [0.15, 0.2) is 0 Å². The molecule has 0 unspecified atom stereocenters. The molecule has 12 heteroatoms. The molecule has 2 aliphatic heterocycles. The number of nitrogens with zero attached hydrogens (tertiary/aromatic N) is 2. The molecule has 2 N–H and O–H groups in total. The van der Waals surface area contributed by atoms with E-state index >= 15 is 0 Å². The minimum absolute atomic E-state index is 0.0558. The van der Waals surface area contributed by atoms with Crippen molar-refractivity contribution in [3.8, 4) is 0 Å². The normalized spacial score (nSPS) is 21.8. The summed E-state index contributed by atoms with van der Waals surface area (Å²) in [5.74, 6) is -1.02. The second-order valence-corrected chi connectivity index (χ2v) is 7.95. The van der Waals surface area contributed by atoms with Crippen molar-refractivity contribution in [1.82, 2.24) is 9.80 Å². The van der Waals surface area contributed by atoms with E-state index in [0.29, 0.717) is 11.3 Å². The Kier molecular flexibility index (Phi) is 7.36. The number of carbonyl (C=O) groups excluding carboxylic acids is 4. The number of β-lactam (4-membered cyclic amide) rings is 1. The fourth-order valence-electron chi connectivity index (χ4n) is 2.54. The van der Waals surface area contributed by atoms with Crippen LogP contribution in [0.4, 0.5) is 9.59 Å². The first-order chi connectivity index (χ1) is 13.5. The Labute approximate surface area is 172 Å². The molecule has 0 aromatic carbocycles. The topological polar surface area (TPSA) is 138 Å². The van der Waals surface area contributed by atoms with Gasteiger partial charge in [-0.3, -0.25) is 9.69 Å². The van der Waals surface area contributed by atoms with Crippen molar-refractivity contribution in [2.75, 3.05) is 26.5 Å². The van der Waals surface area contributed by atoms with Gasteiger partial charge in [-0.2, -0.15) is 0 Å². The Morgan fingerprint density at radius 2 is 1.86 bits per heavy atom. The summed E-state index contributed by atoms with van der Waals surface area (Å²) in [6.07, 6.45) is -3.25. The zero-order valence-electron chi connectivity index (χ0n) is 16.9. The molecule has 0 aromatic heterocycles. The van der Waals surface area contributed by atoms with Crippen LogP contribution in [0.3, 0.4) is 0 Å². The zero-order valence-corrected chi connectivity index (χ0v) is 17.7. The van der Waals surface area contributed by atoms with Crippen LogP contribution in [0.5, 0.6) is 0 Å². The molecule has 0 radical (unpaired) electrons. The minimum atomic E-state index is -1.26. The van der Waals surface area contributed by atoms with Gasteiger partial charge in [0.05, 0.1) is 6.10 Å². The van der Waals surface area contributed by atoms with Crippen LogP contribution in [0.2, 0.25) is 0 Å². The smallest absolute Gasteiger partial charge is 0.445 e. The van der Waals surface area contributed by atoms with Crippen LogP contribution in [-0.2, 0) is 28.5 Å². The Bertz CT molecular complexity index is 723. The van der Waals surface area contributed by atoms with Crippen molar-refractivity contribution in [2.24, 2.45) is 5.73 Å². The summed E-state index contributed by atoms with van der Waals surface area (Å²) in [6, 6.07) is -0.733. The fraction of sp³-hybridized carbons (Fsp3) is 0.647. The van der Waals surface area contributed by atoms with E-state index in [1.54, 1.807) is 13.8 Å². The first-order valence-corrected chi connectivity index (χ1v) is 9.92. The number of carbonyl (C=O) groups is 4. The standard InChI is InChI=1S/C17H25N3O8S/c1-8(2)26-17(24)28-9(3)27-15(22)12-10(6-25-16(23)19(4)5)7-29-14-11(18)13(21)20(12)14/h8-9,11,14H,6-7,18H2,1-5H3/t9-,11+,14+/m0/s1. The number of amides is 2. The van der Waals surface area contributed by atoms with Crippen molar-refractivity contribution in [3.05, 3.63) is 11.3 Å². The highest BCUT2D eigenvalue weighted by Gasteiger charge is 2.52. The predicted molar refractivity (Wildman–Crippen MR) is 101 cm³/mol. The lowest BCUT2D eigenvalue weighted by molar-refractivity contribution is -0.169. The quantitative estimate of drug-likeness (QED) is 0.276. The summed E-state index contributed by atoms with van der Waals surface area (Å²) >= 11 is 1.35. The summed E-state index contributed by atoms with van der Waals surface area (Å²) in [4.78, 5) is 50.7.